The van der Waals surface area contributed by atoms with Crippen molar-refractivity contribution < 1.29 is 14.6 Å². The number of amides is 1. The Hall–Kier alpha value is -4.45. The van der Waals surface area contributed by atoms with Gasteiger partial charge in [0.15, 0.2) is 0 Å². The number of rotatable bonds is 6. The third kappa shape index (κ3) is 4.75. The summed E-state index contributed by atoms with van der Waals surface area (Å²) in [5.74, 6) is -0.764. The molecule has 0 fully saturated rings. The summed E-state index contributed by atoms with van der Waals surface area (Å²) in [6.45, 7) is 0. The summed E-state index contributed by atoms with van der Waals surface area (Å²) < 4.78 is 0.844. The summed E-state index contributed by atoms with van der Waals surface area (Å²) in [5.41, 5.74) is 5.55. The molecule has 0 saturated carbocycles. The summed E-state index contributed by atoms with van der Waals surface area (Å²) in [5, 5.41) is 22.9. The molecule has 2 N–H and O–H groups in total. The van der Waals surface area contributed by atoms with E-state index in [1.165, 1.54) is 0 Å². The van der Waals surface area contributed by atoms with Crippen molar-refractivity contribution in [1.82, 2.24) is 15.4 Å². The molecule has 1 aromatic heterocycles. The Labute approximate surface area is 193 Å². The molecule has 0 unspecified atom stereocenters. The lowest BCUT2D eigenvalue weighted by Crippen LogP contribution is -2.30. The molecule has 33 heavy (non-hydrogen) atoms. The maximum absolute atomic E-state index is 12.6. The number of fused-ring (bicyclic) bond motifs is 1. The summed E-state index contributed by atoms with van der Waals surface area (Å²) >= 11 is 3.44. The third-order valence-electron chi connectivity index (χ3n) is 4.58. The Morgan fingerprint density at radius 3 is 2.18 bits per heavy atom. The van der Waals surface area contributed by atoms with E-state index in [4.69, 9.17) is 0 Å². The van der Waals surface area contributed by atoms with Gasteiger partial charge in [-0.3, -0.25) is 35.9 Å². The van der Waals surface area contributed by atoms with Gasteiger partial charge in [-0.15, -0.1) is 0 Å². The van der Waals surface area contributed by atoms with Crippen LogP contribution in [-0.2, 0) is 0 Å². The molecular formula is C21H13BrN6O5. The number of nitro benzene ring substituents is 2. The van der Waals surface area contributed by atoms with Crippen molar-refractivity contribution in [3.8, 4) is 11.3 Å². The highest BCUT2D eigenvalue weighted by Crippen LogP contribution is 2.29. The smallest absolute Gasteiger partial charge is 0.267 e. The lowest BCUT2D eigenvalue weighted by Gasteiger charge is -2.11. The normalized spacial score (nSPS) is 10.6. The minimum atomic E-state index is -0.831. The molecule has 1 heterocycles. The highest BCUT2D eigenvalue weighted by molar-refractivity contribution is 9.10. The predicted octanol–water partition coefficient (Wildman–Crippen LogP) is 4.63. The fourth-order valence-corrected chi connectivity index (χ4v) is 3.46. The zero-order valence-corrected chi connectivity index (χ0v) is 18.1. The fourth-order valence-electron chi connectivity index (χ4n) is 3.09. The second-order valence-corrected chi connectivity index (χ2v) is 7.67. The number of aromatic nitrogens is 2. The molecule has 12 heteroatoms. The summed E-state index contributed by atoms with van der Waals surface area (Å²) in [4.78, 5) is 41.9. The monoisotopic (exact) mass is 508 g/mol. The quantitative estimate of drug-likeness (QED) is 0.282. The van der Waals surface area contributed by atoms with Gasteiger partial charge in [0.25, 0.3) is 17.3 Å². The highest BCUT2D eigenvalue weighted by Gasteiger charge is 2.20. The molecule has 11 nitrogen and oxygen atoms in total. The van der Waals surface area contributed by atoms with Crippen molar-refractivity contribution in [2.24, 2.45) is 0 Å². The predicted molar refractivity (Wildman–Crippen MR) is 124 cm³/mol. The number of nitrogens with zero attached hydrogens (tertiary/aromatic N) is 4. The van der Waals surface area contributed by atoms with Crippen LogP contribution in [0.5, 0.6) is 0 Å². The van der Waals surface area contributed by atoms with Crippen LogP contribution in [0, 0.1) is 20.2 Å². The highest BCUT2D eigenvalue weighted by atomic mass is 79.9. The van der Waals surface area contributed by atoms with Gasteiger partial charge in [-0.25, -0.2) is 9.97 Å². The third-order valence-corrected chi connectivity index (χ3v) is 5.07. The van der Waals surface area contributed by atoms with E-state index in [9.17, 15) is 25.0 Å². The molecule has 0 radical (unpaired) electrons. The van der Waals surface area contributed by atoms with Crippen molar-refractivity contribution in [3.63, 3.8) is 0 Å². The van der Waals surface area contributed by atoms with Gasteiger partial charge in [0, 0.05) is 27.6 Å². The second kappa shape index (κ2) is 8.96. The standard InChI is InChI=1S/C21H13BrN6O5/c22-14-6-7-18-17(10-14)19(12-4-2-1-3-5-12)24-21(23-18)26-25-20(29)13-8-15(27(30)31)11-16(9-13)28(32)33/h1-11H,(H,25,29)(H,23,24,26). The zero-order valence-electron chi connectivity index (χ0n) is 16.6. The van der Waals surface area contributed by atoms with Crippen LogP contribution in [0.15, 0.2) is 71.2 Å². The van der Waals surface area contributed by atoms with E-state index >= 15 is 0 Å². The number of nitrogens with one attached hydrogen (secondary N) is 2. The Balaban J connectivity index is 1.67. The van der Waals surface area contributed by atoms with Crippen LogP contribution in [0.2, 0.25) is 0 Å². The Morgan fingerprint density at radius 2 is 1.55 bits per heavy atom. The van der Waals surface area contributed by atoms with Crippen LogP contribution in [0.4, 0.5) is 17.3 Å². The first kappa shape index (κ1) is 21.8. The van der Waals surface area contributed by atoms with Gasteiger partial charge in [-0.1, -0.05) is 46.3 Å². The number of hydrogen-bond acceptors (Lipinski definition) is 8. The number of carbonyl (C=O) groups is 1. The molecule has 0 saturated heterocycles. The summed E-state index contributed by atoms with van der Waals surface area (Å²) in [7, 11) is 0. The van der Waals surface area contributed by atoms with Crippen LogP contribution in [0.1, 0.15) is 10.4 Å². The van der Waals surface area contributed by atoms with Crippen molar-refractivity contribution in [2.75, 3.05) is 5.43 Å². The van der Waals surface area contributed by atoms with Crippen LogP contribution in [-0.4, -0.2) is 25.7 Å². The molecule has 164 valence electrons. The molecule has 0 atom stereocenters. The Morgan fingerprint density at radius 1 is 0.879 bits per heavy atom. The Bertz CT molecular complexity index is 1380. The average molecular weight is 509 g/mol. The van der Waals surface area contributed by atoms with Gasteiger partial charge in [-0.05, 0) is 18.2 Å². The lowest BCUT2D eigenvalue weighted by atomic mass is 10.1. The van der Waals surface area contributed by atoms with Gasteiger partial charge in [-0.2, -0.15) is 0 Å². The number of non-ortho nitro benzene ring substituents is 2. The first-order valence-corrected chi connectivity index (χ1v) is 10.1. The van der Waals surface area contributed by atoms with E-state index in [1.807, 2.05) is 42.5 Å². The van der Waals surface area contributed by atoms with E-state index in [0.29, 0.717) is 11.2 Å². The van der Waals surface area contributed by atoms with E-state index < -0.39 is 27.1 Å². The molecule has 0 bridgehead atoms. The first-order chi connectivity index (χ1) is 15.8. The van der Waals surface area contributed by atoms with Crippen molar-refractivity contribution >= 4 is 50.1 Å². The van der Waals surface area contributed by atoms with E-state index in [2.05, 4.69) is 36.7 Å². The van der Waals surface area contributed by atoms with Gasteiger partial charge in [0.1, 0.15) is 0 Å². The summed E-state index contributed by atoms with van der Waals surface area (Å²) in [6.07, 6.45) is 0. The summed E-state index contributed by atoms with van der Waals surface area (Å²) in [6, 6.07) is 17.5. The average Bonchev–Trinajstić information content (AvgIpc) is 2.82. The maximum Gasteiger partial charge on any atom is 0.277 e. The molecule has 0 aliphatic rings. The zero-order chi connectivity index (χ0) is 23.5. The van der Waals surface area contributed by atoms with Gasteiger partial charge < -0.3 is 0 Å². The molecule has 0 aliphatic heterocycles. The van der Waals surface area contributed by atoms with Gasteiger partial charge >= 0.3 is 0 Å². The fraction of sp³-hybridized carbons (Fsp3) is 0. The molecule has 4 rings (SSSR count). The number of carbonyl (C=O) groups excluding carboxylic acids is 1. The van der Waals surface area contributed by atoms with E-state index in [1.54, 1.807) is 6.07 Å². The van der Waals surface area contributed by atoms with E-state index in [0.717, 1.165) is 33.6 Å². The number of halogens is 1. The molecule has 0 spiro atoms. The molecular weight excluding hydrogens is 496 g/mol. The number of hydrazine groups is 1. The number of benzene rings is 3. The first-order valence-electron chi connectivity index (χ1n) is 9.35. The molecule has 0 aliphatic carbocycles. The Kier molecular flexibility index (Phi) is 5.91. The molecule has 4 aromatic rings. The minimum absolute atomic E-state index is 0.0666. The minimum Gasteiger partial charge on any atom is -0.267 e. The van der Waals surface area contributed by atoms with Crippen molar-refractivity contribution in [3.05, 3.63) is 97.0 Å². The van der Waals surface area contributed by atoms with Crippen LogP contribution < -0.4 is 10.9 Å². The largest absolute Gasteiger partial charge is 0.277 e. The van der Waals surface area contributed by atoms with Crippen LogP contribution >= 0.6 is 15.9 Å². The number of nitro groups is 2. The van der Waals surface area contributed by atoms with Crippen LogP contribution in [0.3, 0.4) is 0 Å². The topological polar surface area (TPSA) is 153 Å². The maximum atomic E-state index is 12.6. The van der Waals surface area contributed by atoms with Gasteiger partial charge in [0.05, 0.1) is 32.7 Å². The lowest BCUT2D eigenvalue weighted by molar-refractivity contribution is -0.394. The second-order valence-electron chi connectivity index (χ2n) is 6.75. The number of anilines is 1. The molecule has 3 aromatic carbocycles. The molecule has 1 amide bonds. The SMILES string of the molecule is O=C(NNc1nc(-c2ccccc2)c2cc(Br)ccc2n1)c1cc([N+](=O)[O-])cc([N+](=O)[O-])c1. The number of hydrogen-bond donors (Lipinski definition) is 2. The van der Waals surface area contributed by atoms with Crippen molar-refractivity contribution in [2.45, 2.75) is 0 Å². The van der Waals surface area contributed by atoms with Crippen LogP contribution in [0.25, 0.3) is 22.2 Å². The van der Waals surface area contributed by atoms with E-state index in [-0.39, 0.29) is 11.5 Å². The van der Waals surface area contributed by atoms with Crippen molar-refractivity contribution in [1.29, 1.82) is 0 Å². The van der Waals surface area contributed by atoms with Gasteiger partial charge in [0.2, 0.25) is 5.95 Å².